The maximum atomic E-state index is 12.8. The number of carbonyl (C=O) groups is 3. The Kier molecular flexibility index (Phi) is 58.3. The van der Waals surface area contributed by atoms with Crippen molar-refractivity contribution in [2.75, 3.05) is 13.2 Å². The third-order valence-electron chi connectivity index (χ3n) is 13.0. The van der Waals surface area contributed by atoms with Crippen LogP contribution in [0.3, 0.4) is 0 Å². The Morgan fingerprint density at radius 1 is 0.284 bits per heavy atom. The Labute approximate surface area is 457 Å². The molecule has 0 heterocycles. The van der Waals surface area contributed by atoms with Gasteiger partial charge in [0.1, 0.15) is 13.2 Å². The Morgan fingerprint density at radius 3 is 0.878 bits per heavy atom. The summed E-state index contributed by atoms with van der Waals surface area (Å²) in [6.45, 7) is 6.44. The van der Waals surface area contributed by atoms with Gasteiger partial charge in [0.2, 0.25) is 0 Å². The first-order valence-corrected chi connectivity index (χ1v) is 30.9. The van der Waals surface area contributed by atoms with Crippen LogP contribution in [-0.4, -0.2) is 37.2 Å². The van der Waals surface area contributed by atoms with E-state index in [9.17, 15) is 14.4 Å². The van der Waals surface area contributed by atoms with E-state index in [-0.39, 0.29) is 31.1 Å². The Morgan fingerprint density at radius 2 is 0.554 bits per heavy atom. The van der Waals surface area contributed by atoms with Crippen LogP contribution in [0.1, 0.15) is 284 Å². The van der Waals surface area contributed by atoms with E-state index in [0.717, 1.165) is 135 Å². The second-order valence-electron chi connectivity index (χ2n) is 20.2. The summed E-state index contributed by atoms with van der Waals surface area (Å²) in [7, 11) is 0. The monoisotopic (exact) mass is 1030 g/mol. The second-order valence-corrected chi connectivity index (χ2v) is 20.2. The van der Waals surface area contributed by atoms with Crippen molar-refractivity contribution in [2.45, 2.75) is 290 Å². The number of esters is 3. The lowest BCUT2D eigenvalue weighted by molar-refractivity contribution is -0.167. The number of allylic oxidation sites excluding steroid dienone is 18. The van der Waals surface area contributed by atoms with Crippen LogP contribution in [0.15, 0.2) is 109 Å². The molecule has 0 aliphatic rings. The van der Waals surface area contributed by atoms with Gasteiger partial charge in [-0.25, -0.2) is 0 Å². The molecule has 0 saturated heterocycles. The van der Waals surface area contributed by atoms with Crippen molar-refractivity contribution in [2.24, 2.45) is 0 Å². The first-order valence-electron chi connectivity index (χ1n) is 30.9. The van der Waals surface area contributed by atoms with E-state index in [1.54, 1.807) is 0 Å². The quantitative estimate of drug-likeness (QED) is 0.0261. The van der Waals surface area contributed by atoms with Gasteiger partial charge < -0.3 is 14.2 Å². The van der Waals surface area contributed by atoms with Gasteiger partial charge in [-0.05, 0) is 103 Å². The van der Waals surface area contributed by atoms with E-state index in [4.69, 9.17) is 14.2 Å². The third kappa shape index (κ3) is 59.0. The highest BCUT2D eigenvalue weighted by Crippen LogP contribution is 2.16. The normalized spacial score (nSPS) is 12.9. The molecule has 0 spiro atoms. The topological polar surface area (TPSA) is 78.9 Å². The molecule has 1 atom stereocenters. The molecule has 6 nitrogen and oxygen atoms in total. The minimum atomic E-state index is -0.784. The maximum absolute atomic E-state index is 12.8. The summed E-state index contributed by atoms with van der Waals surface area (Å²) < 4.78 is 16.8. The van der Waals surface area contributed by atoms with Crippen molar-refractivity contribution in [3.05, 3.63) is 109 Å². The van der Waals surface area contributed by atoms with E-state index in [0.29, 0.717) is 19.3 Å². The van der Waals surface area contributed by atoms with E-state index < -0.39 is 6.10 Å². The number of rotatable bonds is 55. The first-order chi connectivity index (χ1) is 36.5. The molecule has 422 valence electrons. The summed E-state index contributed by atoms with van der Waals surface area (Å²) in [5.74, 6) is -0.898. The van der Waals surface area contributed by atoms with Gasteiger partial charge in [0.25, 0.3) is 0 Å². The standard InChI is InChI=1S/C68H114O6/c1-4-7-10-13-16-19-22-24-25-26-27-28-29-30-31-32-33-34-35-36-37-38-39-40-41-42-43-45-46-49-52-55-58-61-67(70)73-64-65(63-72-66(69)60-57-54-51-48-21-18-15-12-9-6-3)74-68(71)62-59-56-53-50-47-44-23-20-17-14-11-8-5-2/h7,10-11,14,16,19-20,23-25,27-28,30-31,33-34,36-37,65H,4-6,8-9,12-13,15,17-18,21-22,26,29,32,35,38-64H2,1-3H3/b10-7-,14-11-,19-16-,23-20-,25-24-,28-27-,31-30-,34-33-,37-36-. The smallest absolute Gasteiger partial charge is 0.306 e. The zero-order chi connectivity index (χ0) is 53.6. The predicted octanol–water partition coefficient (Wildman–Crippen LogP) is 21.0. The number of hydrogen-bond acceptors (Lipinski definition) is 6. The molecule has 0 bridgehead atoms. The van der Waals surface area contributed by atoms with E-state index in [2.05, 4.69) is 130 Å². The van der Waals surface area contributed by atoms with Crippen molar-refractivity contribution >= 4 is 17.9 Å². The van der Waals surface area contributed by atoms with E-state index in [1.165, 1.54) is 109 Å². The zero-order valence-electron chi connectivity index (χ0n) is 48.3. The minimum Gasteiger partial charge on any atom is -0.462 e. The molecule has 0 aromatic rings. The Bertz CT molecular complexity index is 1510. The van der Waals surface area contributed by atoms with Crippen molar-refractivity contribution in [1.29, 1.82) is 0 Å². The predicted molar refractivity (Wildman–Crippen MR) is 320 cm³/mol. The molecule has 74 heavy (non-hydrogen) atoms. The largest absolute Gasteiger partial charge is 0.462 e. The first kappa shape index (κ1) is 70.1. The molecule has 1 unspecified atom stereocenters. The third-order valence-corrected chi connectivity index (χ3v) is 13.0. The van der Waals surface area contributed by atoms with Crippen LogP contribution in [0.25, 0.3) is 0 Å². The van der Waals surface area contributed by atoms with Gasteiger partial charge in [-0.15, -0.1) is 0 Å². The number of ether oxygens (including phenoxy) is 3. The number of carbonyl (C=O) groups excluding carboxylic acids is 3. The van der Waals surface area contributed by atoms with Gasteiger partial charge in [-0.2, -0.15) is 0 Å². The molecule has 0 fully saturated rings. The van der Waals surface area contributed by atoms with Crippen molar-refractivity contribution in [1.82, 2.24) is 0 Å². The van der Waals surface area contributed by atoms with Crippen molar-refractivity contribution in [3.63, 3.8) is 0 Å². The zero-order valence-corrected chi connectivity index (χ0v) is 48.3. The summed E-state index contributed by atoms with van der Waals surface area (Å²) in [6, 6.07) is 0. The Balaban J connectivity index is 4.15. The molecule has 0 aromatic carbocycles. The molecule has 0 aromatic heterocycles. The van der Waals surface area contributed by atoms with Gasteiger partial charge in [-0.3, -0.25) is 14.4 Å². The lowest BCUT2D eigenvalue weighted by Crippen LogP contribution is -2.30. The molecule has 0 saturated carbocycles. The molecular weight excluding hydrogens is 913 g/mol. The molecule has 0 N–H and O–H groups in total. The summed E-state index contributed by atoms with van der Waals surface area (Å²) in [6.07, 6.45) is 83.9. The highest BCUT2D eigenvalue weighted by atomic mass is 16.6. The summed E-state index contributed by atoms with van der Waals surface area (Å²) in [5.41, 5.74) is 0. The van der Waals surface area contributed by atoms with Gasteiger partial charge in [0.05, 0.1) is 0 Å². The van der Waals surface area contributed by atoms with Gasteiger partial charge in [-0.1, -0.05) is 271 Å². The van der Waals surface area contributed by atoms with Crippen LogP contribution >= 0.6 is 0 Å². The van der Waals surface area contributed by atoms with E-state index in [1.807, 2.05) is 0 Å². The van der Waals surface area contributed by atoms with Crippen LogP contribution in [0.5, 0.6) is 0 Å². The SMILES string of the molecule is CC/C=C\C/C=C\C/C=C\C/C=C\C/C=C\C/C=C\C/C=C\CCCCCCCCCCCCCC(=O)OCC(COC(=O)CCCCCCCCCCCC)OC(=O)CCCCCCC/C=C\C/C=C\CCC. The molecule has 0 aliphatic carbocycles. The van der Waals surface area contributed by atoms with Crippen LogP contribution in [0.2, 0.25) is 0 Å². The fraction of sp³-hybridized carbons (Fsp3) is 0.691. The second kappa shape index (κ2) is 61.6. The number of hydrogen-bond donors (Lipinski definition) is 0. The van der Waals surface area contributed by atoms with E-state index >= 15 is 0 Å². The fourth-order valence-corrected chi connectivity index (χ4v) is 8.40. The van der Waals surface area contributed by atoms with Gasteiger partial charge in [0, 0.05) is 19.3 Å². The summed E-state index contributed by atoms with van der Waals surface area (Å²) in [4.78, 5) is 38.1. The lowest BCUT2D eigenvalue weighted by Gasteiger charge is -2.18. The van der Waals surface area contributed by atoms with Crippen LogP contribution in [0.4, 0.5) is 0 Å². The van der Waals surface area contributed by atoms with Crippen LogP contribution in [-0.2, 0) is 28.6 Å². The minimum absolute atomic E-state index is 0.0822. The van der Waals surface area contributed by atoms with Gasteiger partial charge >= 0.3 is 17.9 Å². The average molecular weight is 1030 g/mol. The summed E-state index contributed by atoms with van der Waals surface area (Å²) in [5, 5.41) is 0. The summed E-state index contributed by atoms with van der Waals surface area (Å²) >= 11 is 0. The average Bonchev–Trinajstić information content (AvgIpc) is 3.40. The van der Waals surface area contributed by atoms with Crippen molar-refractivity contribution < 1.29 is 28.6 Å². The van der Waals surface area contributed by atoms with Gasteiger partial charge in [0.15, 0.2) is 6.10 Å². The van der Waals surface area contributed by atoms with Crippen molar-refractivity contribution in [3.8, 4) is 0 Å². The van der Waals surface area contributed by atoms with Crippen LogP contribution < -0.4 is 0 Å². The van der Waals surface area contributed by atoms with Crippen LogP contribution in [0, 0.1) is 0 Å². The highest BCUT2D eigenvalue weighted by molar-refractivity contribution is 5.71. The molecule has 6 heteroatoms. The fourth-order valence-electron chi connectivity index (χ4n) is 8.40. The number of unbranched alkanes of at least 4 members (excludes halogenated alkanes) is 26. The molecular formula is C68H114O6. The Hall–Kier alpha value is -3.93. The molecule has 0 aliphatic heterocycles. The molecule has 0 radical (unpaired) electrons. The lowest BCUT2D eigenvalue weighted by atomic mass is 10.0. The molecule has 0 amide bonds. The molecule has 0 rings (SSSR count). The highest BCUT2D eigenvalue weighted by Gasteiger charge is 2.19. The maximum Gasteiger partial charge on any atom is 0.306 e.